The fourth-order valence-corrected chi connectivity index (χ4v) is 3.75. The van der Waals surface area contributed by atoms with E-state index in [1.54, 1.807) is 60.7 Å². The van der Waals surface area contributed by atoms with Crippen LogP contribution >= 0.6 is 7.82 Å². The van der Waals surface area contributed by atoms with Gasteiger partial charge in [0.2, 0.25) is 0 Å². The fourth-order valence-electron chi connectivity index (χ4n) is 2.73. The van der Waals surface area contributed by atoms with Crippen LogP contribution in [0.2, 0.25) is 0 Å². The second kappa shape index (κ2) is 10.3. The Kier molecular flexibility index (Phi) is 7.50. The van der Waals surface area contributed by atoms with Crippen molar-refractivity contribution in [3.8, 4) is 11.5 Å². The van der Waals surface area contributed by atoms with Crippen molar-refractivity contribution in [2.75, 3.05) is 0 Å². The van der Waals surface area contributed by atoms with E-state index in [-0.39, 0.29) is 17.1 Å². The first-order valence-electron chi connectivity index (χ1n) is 9.99. The molecule has 31 heavy (non-hydrogen) atoms. The van der Waals surface area contributed by atoms with Crippen LogP contribution in [0.1, 0.15) is 40.4 Å². The molecular weight excluding hydrogens is 415 g/mol. The highest BCUT2D eigenvalue weighted by Crippen LogP contribution is 2.50. The van der Waals surface area contributed by atoms with Gasteiger partial charge in [-0.15, -0.1) is 0 Å². The van der Waals surface area contributed by atoms with E-state index in [1.807, 2.05) is 26.0 Å². The third-order valence-corrected chi connectivity index (χ3v) is 5.53. The van der Waals surface area contributed by atoms with Gasteiger partial charge in [-0.1, -0.05) is 60.9 Å². The van der Waals surface area contributed by atoms with Crippen molar-refractivity contribution in [1.29, 1.82) is 0 Å². The first-order chi connectivity index (χ1) is 14.9. The summed E-state index contributed by atoms with van der Waals surface area (Å²) in [6.45, 7) is 5.90. The van der Waals surface area contributed by atoms with E-state index < -0.39 is 13.8 Å². The molecular formula is C24H25O6P. The van der Waals surface area contributed by atoms with Gasteiger partial charge in [-0.05, 0) is 66.9 Å². The predicted octanol–water partition coefficient (Wildman–Crippen LogP) is 6.61. The van der Waals surface area contributed by atoms with Crippen molar-refractivity contribution in [3.05, 3.63) is 95.1 Å². The quantitative estimate of drug-likeness (QED) is 0.212. The maximum Gasteiger partial charge on any atom is 0.625 e. The second-order valence-electron chi connectivity index (χ2n) is 7.15. The van der Waals surface area contributed by atoms with Gasteiger partial charge in [0.25, 0.3) is 0 Å². The van der Waals surface area contributed by atoms with E-state index in [0.717, 1.165) is 29.5 Å². The molecule has 0 saturated heterocycles. The molecule has 0 bridgehead atoms. The summed E-state index contributed by atoms with van der Waals surface area (Å²) in [7, 11) is -4.33. The van der Waals surface area contributed by atoms with Gasteiger partial charge in [0.05, 0.1) is 5.56 Å². The van der Waals surface area contributed by atoms with E-state index in [0.29, 0.717) is 0 Å². The average molecular weight is 440 g/mol. The highest BCUT2D eigenvalue weighted by Gasteiger charge is 2.35. The lowest BCUT2D eigenvalue weighted by Gasteiger charge is -2.17. The summed E-state index contributed by atoms with van der Waals surface area (Å²) in [5, 5.41) is 0. The highest BCUT2D eigenvalue weighted by molar-refractivity contribution is 7.49. The molecule has 0 saturated carbocycles. The molecule has 6 nitrogen and oxygen atoms in total. The Morgan fingerprint density at radius 3 is 1.71 bits per heavy atom. The molecule has 0 fully saturated rings. The summed E-state index contributed by atoms with van der Waals surface area (Å²) in [6.07, 6.45) is 1.92. The Balaban J connectivity index is 1.74. The van der Waals surface area contributed by atoms with Crippen molar-refractivity contribution in [2.45, 2.75) is 33.6 Å². The van der Waals surface area contributed by atoms with Gasteiger partial charge in [0.15, 0.2) is 0 Å². The number of phosphoric ester groups is 1. The van der Waals surface area contributed by atoms with Crippen molar-refractivity contribution in [2.24, 2.45) is 0 Å². The summed E-state index contributed by atoms with van der Waals surface area (Å²) in [5.41, 5.74) is 3.37. The lowest BCUT2D eigenvalue weighted by atomic mass is 10.1. The SMILES string of the molecule is CCCc1ccc(C(=O)OOP(=O)(Oc2ccc(C)cc2)Oc2ccc(C)cc2)cc1. The number of aryl methyl sites for hydroxylation is 3. The Morgan fingerprint density at radius 2 is 1.26 bits per heavy atom. The number of hydrogen-bond acceptors (Lipinski definition) is 6. The Morgan fingerprint density at radius 1 is 0.774 bits per heavy atom. The van der Waals surface area contributed by atoms with Gasteiger partial charge in [-0.3, -0.25) is 4.89 Å². The zero-order valence-corrected chi connectivity index (χ0v) is 18.6. The molecule has 162 valence electrons. The number of carbonyl (C=O) groups excluding carboxylic acids is 1. The van der Waals surface area contributed by atoms with Crippen LogP contribution in [0.5, 0.6) is 11.5 Å². The molecule has 0 spiro atoms. The average Bonchev–Trinajstić information content (AvgIpc) is 2.76. The lowest BCUT2D eigenvalue weighted by molar-refractivity contribution is -0.163. The number of benzene rings is 3. The van der Waals surface area contributed by atoms with E-state index >= 15 is 0 Å². The van der Waals surface area contributed by atoms with Crippen LogP contribution < -0.4 is 9.05 Å². The van der Waals surface area contributed by atoms with Crippen LogP contribution in [0.4, 0.5) is 0 Å². The molecule has 0 aliphatic carbocycles. The Hall–Kier alpha value is -3.08. The normalized spacial score (nSPS) is 11.1. The van der Waals surface area contributed by atoms with Gasteiger partial charge < -0.3 is 9.05 Å². The maximum atomic E-state index is 13.3. The second-order valence-corrected chi connectivity index (χ2v) is 8.56. The minimum atomic E-state index is -4.33. The van der Waals surface area contributed by atoms with Crippen LogP contribution in [0.25, 0.3) is 0 Å². The van der Waals surface area contributed by atoms with Gasteiger partial charge >= 0.3 is 13.8 Å². The van der Waals surface area contributed by atoms with Crippen molar-refractivity contribution >= 4 is 13.8 Å². The van der Waals surface area contributed by atoms with Crippen molar-refractivity contribution in [3.63, 3.8) is 0 Å². The molecule has 0 aliphatic rings. The minimum Gasteiger partial charge on any atom is -0.393 e. The molecule has 3 rings (SSSR count). The number of phosphoric acid groups is 1. The third kappa shape index (κ3) is 6.71. The summed E-state index contributed by atoms with van der Waals surface area (Å²) in [5.74, 6) is -0.301. The smallest absolute Gasteiger partial charge is 0.393 e. The molecule has 3 aromatic carbocycles. The molecule has 7 heteroatoms. The number of carbonyl (C=O) groups is 1. The van der Waals surface area contributed by atoms with E-state index in [4.69, 9.17) is 18.6 Å². The zero-order valence-electron chi connectivity index (χ0n) is 17.7. The summed E-state index contributed by atoms with van der Waals surface area (Å²) in [6, 6.07) is 20.6. The molecule has 0 N–H and O–H groups in total. The molecule has 3 aromatic rings. The molecule has 0 aromatic heterocycles. The zero-order chi connectivity index (χ0) is 22.3. The summed E-state index contributed by atoms with van der Waals surface area (Å²) < 4.78 is 29.1. The highest BCUT2D eigenvalue weighted by atomic mass is 31.2. The topological polar surface area (TPSA) is 71.1 Å². The van der Waals surface area contributed by atoms with Gasteiger partial charge in [0.1, 0.15) is 11.5 Å². The van der Waals surface area contributed by atoms with Gasteiger partial charge in [-0.2, -0.15) is 0 Å². The minimum absolute atomic E-state index is 0.251. The Labute approximate surface area is 182 Å². The lowest BCUT2D eigenvalue weighted by Crippen LogP contribution is -2.10. The van der Waals surface area contributed by atoms with Crippen LogP contribution in [-0.4, -0.2) is 5.97 Å². The summed E-state index contributed by atoms with van der Waals surface area (Å²) in [4.78, 5) is 17.2. The number of hydrogen-bond donors (Lipinski definition) is 0. The molecule has 0 heterocycles. The molecule has 0 unspecified atom stereocenters. The Bertz CT molecular complexity index is 991. The molecule has 0 radical (unpaired) electrons. The van der Waals surface area contributed by atoms with E-state index in [2.05, 4.69) is 6.92 Å². The predicted molar refractivity (Wildman–Crippen MR) is 118 cm³/mol. The van der Waals surface area contributed by atoms with Crippen LogP contribution in [0.15, 0.2) is 72.8 Å². The molecule has 0 atom stereocenters. The van der Waals surface area contributed by atoms with E-state index in [1.165, 1.54) is 0 Å². The van der Waals surface area contributed by atoms with E-state index in [9.17, 15) is 9.36 Å². The van der Waals surface area contributed by atoms with Gasteiger partial charge in [-0.25, -0.2) is 9.36 Å². The largest absolute Gasteiger partial charge is 0.625 e. The standard InChI is InChI=1S/C24H25O6P/c1-4-5-20-10-12-21(13-11-20)24(25)27-30-31(26,28-22-14-6-18(2)7-15-22)29-23-16-8-19(3)9-17-23/h6-17H,4-5H2,1-3H3. The number of rotatable bonds is 9. The first kappa shape index (κ1) is 22.6. The summed E-state index contributed by atoms with van der Waals surface area (Å²) >= 11 is 0. The first-order valence-corrected chi connectivity index (χ1v) is 11.4. The van der Waals surface area contributed by atoms with Gasteiger partial charge in [0, 0.05) is 0 Å². The monoisotopic (exact) mass is 440 g/mol. The van der Waals surface area contributed by atoms with Crippen molar-refractivity contribution in [1.82, 2.24) is 0 Å². The maximum absolute atomic E-state index is 13.3. The van der Waals surface area contributed by atoms with Crippen LogP contribution in [-0.2, 0) is 20.5 Å². The third-order valence-electron chi connectivity index (χ3n) is 4.41. The van der Waals surface area contributed by atoms with Crippen LogP contribution in [0.3, 0.4) is 0 Å². The molecule has 0 amide bonds. The van der Waals surface area contributed by atoms with Crippen molar-refractivity contribution < 1.29 is 28.0 Å². The van der Waals surface area contributed by atoms with Crippen LogP contribution in [0, 0.1) is 13.8 Å². The fraction of sp³-hybridized carbons (Fsp3) is 0.208. The molecule has 0 aliphatic heterocycles.